The molecule has 17 heavy (non-hydrogen) atoms. The summed E-state index contributed by atoms with van der Waals surface area (Å²) in [5.74, 6) is 0. The normalized spacial score (nSPS) is 10.2. The van der Waals surface area contributed by atoms with Gasteiger partial charge in [-0.2, -0.15) is 0 Å². The van der Waals surface area contributed by atoms with Gasteiger partial charge in [0.15, 0.2) is 0 Å². The predicted molar refractivity (Wildman–Crippen MR) is 37.2 cm³/mol. The van der Waals surface area contributed by atoms with Crippen LogP contribution in [0, 0.1) is 0 Å². The Morgan fingerprint density at radius 2 is 0.471 bits per heavy atom. The summed E-state index contributed by atoms with van der Waals surface area (Å²) >= 11 is 0. The van der Waals surface area contributed by atoms with Crippen molar-refractivity contribution in [1.29, 1.82) is 0 Å². The van der Waals surface area contributed by atoms with Crippen molar-refractivity contribution in [1.82, 2.24) is 0 Å². The van der Waals surface area contributed by atoms with Crippen LogP contribution in [-0.2, 0) is 47.7 Å². The first kappa shape index (κ1) is 30.4. The van der Waals surface area contributed by atoms with Gasteiger partial charge in [-0.05, 0) is 0 Å². The molecule has 0 heterocycles. The van der Waals surface area contributed by atoms with Crippen molar-refractivity contribution in [2.45, 2.75) is 0 Å². The van der Waals surface area contributed by atoms with Gasteiger partial charge in [0.2, 0.25) is 0 Å². The minimum atomic E-state index is -5.17. The monoisotopic (exact) mass is 374 g/mol. The van der Waals surface area contributed by atoms with Gasteiger partial charge in [-0.25, -0.2) is 0 Å². The summed E-state index contributed by atoms with van der Waals surface area (Å²) in [6, 6.07) is 0. The van der Waals surface area contributed by atoms with E-state index in [1.807, 2.05) is 0 Å². The quantitative estimate of drug-likeness (QED) is 0.221. The largest absolute Gasteiger partial charge is 4.00 e. The van der Waals surface area contributed by atoms with Crippen LogP contribution in [-0.4, -0.2) is 63.5 Å². The third-order valence-electron chi connectivity index (χ3n) is 0. The molecule has 0 N–H and O–H groups in total. The summed E-state index contributed by atoms with van der Waals surface area (Å²) in [7, 11) is -15.5. The molecule has 0 fully saturated rings. The Morgan fingerprint density at radius 3 is 0.471 bits per heavy atom. The molecule has 12 nitrogen and oxygen atoms in total. The molecule has 0 aliphatic heterocycles. The Hall–Kier alpha value is 0.320. The molecule has 17 heteroatoms. The van der Waals surface area contributed by atoms with Crippen molar-refractivity contribution in [3.05, 3.63) is 0 Å². The fourth-order valence-electron chi connectivity index (χ4n) is 0. The molecule has 0 radical (unpaired) electrons. The topological polar surface area (TPSA) is 241 Å². The molecule has 0 saturated carbocycles. The van der Waals surface area contributed by atoms with Gasteiger partial charge < -0.3 is 27.3 Å². The summed E-state index contributed by atoms with van der Waals surface area (Å²) in [5.41, 5.74) is 0. The van der Waals surface area contributed by atoms with Gasteiger partial charge in [0.05, 0.1) is 0 Å². The standard InChI is InChI=1S/Ni.3H2O4S.Si/c;3*1-5(2,3)4;/h;3*(H2,1,2,3,4);/q+2;;;;+4/p-6. The van der Waals surface area contributed by atoms with E-state index in [1.165, 1.54) is 0 Å². The van der Waals surface area contributed by atoms with Crippen LogP contribution in [0.25, 0.3) is 0 Å². The Morgan fingerprint density at radius 1 is 0.471 bits per heavy atom. The molecule has 0 atom stereocenters. The first-order valence-corrected chi connectivity index (χ1v) is 6.00. The van der Waals surface area contributed by atoms with Crippen LogP contribution in [0.4, 0.5) is 0 Å². The molecule has 0 amide bonds. The number of rotatable bonds is 0. The molecule has 0 unspecified atom stereocenters. The summed E-state index contributed by atoms with van der Waals surface area (Å²) in [4.78, 5) is 0. The van der Waals surface area contributed by atoms with Gasteiger partial charge in [0, 0.05) is 31.2 Å². The second-order valence-electron chi connectivity index (χ2n) is 1.22. The number of hydrogen-bond acceptors (Lipinski definition) is 12. The second-order valence-corrected chi connectivity index (χ2v) is 3.67. The molecule has 104 valence electrons. The zero-order valence-electron chi connectivity index (χ0n) is 6.94. The minimum absolute atomic E-state index is 0. The summed E-state index contributed by atoms with van der Waals surface area (Å²) in [6.07, 6.45) is 0. The van der Waals surface area contributed by atoms with Crippen LogP contribution in [0.3, 0.4) is 0 Å². The van der Waals surface area contributed by atoms with E-state index in [0.717, 1.165) is 0 Å². The average molecular weight is 375 g/mol. The average Bonchev–Trinajstić information content (AvgIpc) is 1.41. The maximum Gasteiger partial charge on any atom is 4.00 e. The Bertz CT molecular complexity index is 343. The molecule has 0 aromatic rings. The molecule has 0 aliphatic carbocycles. The van der Waals surface area contributed by atoms with Gasteiger partial charge in [-0.15, -0.1) is 0 Å². The molecule has 0 aromatic heterocycles. The summed E-state index contributed by atoms with van der Waals surface area (Å²) in [6.45, 7) is 0. The van der Waals surface area contributed by atoms with Gasteiger partial charge in [0.1, 0.15) is 0 Å². The molecule has 0 rings (SSSR count). The van der Waals surface area contributed by atoms with E-state index in [0.29, 0.717) is 0 Å². The van der Waals surface area contributed by atoms with E-state index in [1.54, 1.807) is 0 Å². The third kappa shape index (κ3) is 32600. The predicted octanol–water partition coefficient (Wildman–Crippen LogP) is -4.40. The fraction of sp³-hybridized carbons (Fsp3) is 0. The van der Waals surface area contributed by atoms with E-state index < -0.39 is 31.2 Å². The van der Waals surface area contributed by atoms with Crippen molar-refractivity contribution < 1.29 is 69.1 Å². The molecular weight excluding hydrogens is 375 g/mol. The maximum absolute atomic E-state index is 8.52. The Labute approximate surface area is 111 Å². The first-order valence-electron chi connectivity index (χ1n) is 2.00. The molecule has 0 bridgehead atoms. The minimum Gasteiger partial charge on any atom is -0.759 e. The fourth-order valence-corrected chi connectivity index (χ4v) is 0. The van der Waals surface area contributed by atoms with Crippen LogP contribution in [0.1, 0.15) is 0 Å². The third-order valence-corrected chi connectivity index (χ3v) is 0. The number of hydrogen-bond donors (Lipinski definition) is 0. The van der Waals surface area contributed by atoms with Gasteiger partial charge in [0.25, 0.3) is 0 Å². The SMILES string of the molecule is O=S(=O)([O-])[O-].O=S(=O)([O-])[O-].O=S(=O)([O-])[O-].[Ni+2].[Si+4]. The van der Waals surface area contributed by atoms with Crippen LogP contribution >= 0.6 is 0 Å². The maximum atomic E-state index is 8.52. The second kappa shape index (κ2) is 11.4. The molecular formula is NiO12S3Si. The Kier molecular flexibility index (Phi) is 20.4. The van der Waals surface area contributed by atoms with Crippen LogP contribution in [0.15, 0.2) is 0 Å². The van der Waals surface area contributed by atoms with Crippen molar-refractivity contribution in [3.8, 4) is 0 Å². The van der Waals surface area contributed by atoms with Gasteiger partial charge >= 0.3 is 27.5 Å². The van der Waals surface area contributed by atoms with Crippen molar-refractivity contribution in [2.75, 3.05) is 0 Å². The van der Waals surface area contributed by atoms with Gasteiger partial charge in [-0.1, -0.05) is 0 Å². The van der Waals surface area contributed by atoms with Crippen LogP contribution < -0.4 is 0 Å². The summed E-state index contributed by atoms with van der Waals surface area (Å²) in [5, 5.41) is 0. The van der Waals surface area contributed by atoms with E-state index in [2.05, 4.69) is 0 Å². The van der Waals surface area contributed by atoms with Gasteiger partial charge in [-0.3, -0.25) is 25.3 Å². The molecule has 0 spiro atoms. The smallest absolute Gasteiger partial charge is 0.759 e. The molecule has 0 aromatic carbocycles. The van der Waals surface area contributed by atoms with Crippen molar-refractivity contribution in [3.63, 3.8) is 0 Å². The van der Waals surface area contributed by atoms with E-state index in [4.69, 9.17) is 52.6 Å². The first-order chi connectivity index (χ1) is 6.00. The van der Waals surface area contributed by atoms with E-state index in [9.17, 15) is 0 Å². The van der Waals surface area contributed by atoms with E-state index in [-0.39, 0.29) is 27.5 Å². The van der Waals surface area contributed by atoms with Crippen molar-refractivity contribution >= 4 is 42.2 Å². The van der Waals surface area contributed by atoms with Crippen molar-refractivity contribution in [2.24, 2.45) is 0 Å². The Balaban J connectivity index is -0.0000000400. The molecule has 0 saturated heterocycles. The van der Waals surface area contributed by atoms with E-state index >= 15 is 0 Å². The zero-order chi connectivity index (χ0) is 13.5. The van der Waals surface area contributed by atoms with Crippen LogP contribution in [0.5, 0.6) is 0 Å². The summed E-state index contributed by atoms with van der Waals surface area (Å²) < 4.78 is 102. The van der Waals surface area contributed by atoms with Crippen LogP contribution in [0.2, 0.25) is 0 Å². The molecule has 0 aliphatic rings. The zero-order valence-corrected chi connectivity index (χ0v) is 11.4.